The maximum atomic E-state index is 14.2. The van der Waals surface area contributed by atoms with Gasteiger partial charge in [0, 0.05) is 33.3 Å². The van der Waals surface area contributed by atoms with E-state index in [4.69, 9.17) is 9.16 Å². The molecule has 0 fully saturated rings. The normalized spacial score (nSPS) is 17.6. The Labute approximate surface area is 233 Å². The van der Waals surface area contributed by atoms with Crippen LogP contribution in [0.4, 0.5) is 0 Å². The Morgan fingerprint density at radius 2 is 1.68 bits per heavy atom. The van der Waals surface area contributed by atoms with Crippen LogP contribution in [0.15, 0.2) is 24.3 Å². The van der Waals surface area contributed by atoms with E-state index in [9.17, 15) is 13.6 Å². The number of carbonyl (C=O) groups excluding carboxylic acids is 1. The van der Waals surface area contributed by atoms with Gasteiger partial charge in [-0.2, -0.15) is 0 Å². The van der Waals surface area contributed by atoms with Crippen molar-refractivity contribution in [3.8, 4) is 0 Å². The maximum Gasteiger partial charge on any atom is 0.305 e. The number of hydrogen-bond acceptors (Lipinski definition) is 6. The average Bonchev–Trinajstić information content (AvgIpc) is 2.73. The minimum atomic E-state index is -2.34. The van der Waals surface area contributed by atoms with Crippen LogP contribution in [-0.4, -0.2) is 51.8 Å². The largest absolute Gasteiger partial charge is 0.598 e. The van der Waals surface area contributed by atoms with Crippen molar-refractivity contribution in [2.45, 2.75) is 127 Å². The molecule has 5 atom stereocenters. The van der Waals surface area contributed by atoms with E-state index in [2.05, 4.69) is 38.6 Å². The molecule has 0 aliphatic heterocycles. The summed E-state index contributed by atoms with van der Waals surface area (Å²) in [5.74, 6) is -0.330. The van der Waals surface area contributed by atoms with Crippen molar-refractivity contribution < 1.29 is 22.7 Å². The standard InChI is InChI=1S/C28H51NO5S2Si/c1-20-15-14-16-21(19-20)25(35(31)26(2,3)4)24(29-36(32)27(5,6)7)22(17-18-23(30)33-11)34-37(12,13)28(8,9)10/h14-16,19,22,24-25,29H,17-18H2,1-13H3/t22-,24?,25?,35+,36?/m0/s1. The van der Waals surface area contributed by atoms with Gasteiger partial charge in [0.15, 0.2) is 8.32 Å². The van der Waals surface area contributed by atoms with Crippen molar-refractivity contribution in [1.29, 1.82) is 0 Å². The topological polar surface area (TPSA) is 87.7 Å². The van der Waals surface area contributed by atoms with Crippen molar-refractivity contribution >= 4 is 36.4 Å². The summed E-state index contributed by atoms with van der Waals surface area (Å²) in [7, 11) is -2.33. The second-order valence-electron chi connectivity index (χ2n) is 13.3. The molecule has 0 aliphatic carbocycles. The van der Waals surface area contributed by atoms with Gasteiger partial charge in [-0.3, -0.25) is 9.00 Å². The Bertz CT molecular complexity index is 918. The molecule has 1 aromatic carbocycles. The molecule has 0 heterocycles. The van der Waals surface area contributed by atoms with Crippen LogP contribution in [0, 0.1) is 6.92 Å². The van der Waals surface area contributed by atoms with E-state index >= 15 is 0 Å². The first-order valence-corrected chi connectivity index (χ1v) is 18.3. The highest BCUT2D eigenvalue weighted by atomic mass is 32.2. The van der Waals surface area contributed by atoms with Gasteiger partial charge in [-0.05, 0) is 78.6 Å². The molecule has 0 radical (unpaired) electrons. The number of methoxy groups -OCH3 is 1. The zero-order valence-corrected chi connectivity index (χ0v) is 27.9. The fourth-order valence-corrected chi connectivity index (χ4v) is 7.57. The third-order valence-corrected chi connectivity index (χ3v) is 15.2. The smallest absolute Gasteiger partial charge is 0.305 e. The second-order valence-corrected chi connectivity index (χ2v) is 22.4. The Morgan fingerprint density at radius 1 is 1.11 bits per heavy atom. The third-order valence-electron chi connectivity index (χ3n) is 6.84. The summed E-state index contributed by atoms with van der Waals surface area (Å²) in [6.45, 7) is 24.4. The van der Waals surface area contributed by atoms with E-state index in [1.807, 2.05) is 72.7 Å². The van der Waals surface area contributed by atoms with Crippen molar-refractivity contribution in [3.05, 3.63) is 35.4 Å². The second kappa shape index (κ2) is 13.1. The van der Waals surface area contributed by atoms with E-state index in [1.54, 1.807) is 0 Å². The van der Waals surface area contributed by atoms with Crippen LogP contribution >= 0.6 is 0 Å². The van der Waals surface area contributed by atoms with E-state index in [0.29, 0.717) is 6.42 Å². The van der Waals surface area contributed by atoms with E-state index in [-0.39, 0.29) is 17.4 Å². The fraction of sp³-hybridized carbons (Fsp3) is 0.750. The predicted octanol–water partition coefficient (Wildman–Crippen LogP) is 6.35. The Kier molecular flexibility index (Phi) is 12.1. The number of benzene rings is 1. The molecule has 214 valence electrons. The highest BCUT2D eigenvalue weighted by molar-refractivity contribution is 7.91. The molecule has 6 nitrogen and oxygen atoms in total. The number of aryl methyl sites for hydroxylation is 1. The molecule has 9 heteroatoms. The van der Waals surface area contributed by atoms with Crippen LogP contribution in [-0.2, 0) is 36.1 Å². The lowest BCUT2D eigenvalue weighted by Crippen LogP contribution is -2.57. The van der Waals surface area contributed by atoms with Gasteiger partial charge < -0.3 is 13.7 Å². The van der Waals surface area contributed by atoms with E-state index in [0.717, 1.165) is 11.1 Å². The Hall–Kier alpha value is -0.713. The number of nitrogens with one attached hydrogen (secondary N) is 1. The molecule has 0 aliphatic rings. The van der Waals surface area contributed by atoms with Crippen molar-refractivity contribution in [3.63, 3.8) is 0 Å². The van der Waals surface area contributed by atoms with Crippen molar-refractivity contribution in [1.82, 2.24) is 4.72 Å². The molecule has 1 aromatic rings. The molecular formula is C28H51NO5S2Si. The number of esters is 1. The highest BCUT2D eigenvalue weighted by Gasteiger charge is 2.47. The summed E-state index contributed by atoms with van der Waals surface area (Å²) in [5.41, 5.74) is 1.96. The summed E-state index contributed by atoms with van der Waals surface area (Å²) in [6, 6.07) is 7.44. The molecule has 0 spiro atoms. The van der Waals surface area contributed by atoms with Crippen LogP contribution < -0.4 is 4.72 Å². The van der Waals surface area contributed by atoms with Crippen LogP contribution in [0.5, 0.6) is 0 Å². The summed E-state index contributed by atoms with van der Waals surface area (Å²) in [5, 5.41) is -0.606. The summed E-state index contributed by atoms with van der Waals surface area (Å²) < 4.78 is 42.0. The van der Waals surface area contributed by atoms with Gasteiger partial charge in [-0.25, -0.2) is 0 Å². The first kappa shape index (κ1) is 34.3. The van der Waals surface area contributed by atoms with Gasteiger partial charge in [-0.1, -0.05) is 50.6 Å². The molecule has 0 amide bonds. The molecule has 1 N–H and O–H groups in total. The number of hydrogen-bond donors (Lipinski definition) is 1. The van der Waals surface area contributed by atoms with E-state index < -0.39 is 57.4 Å². The predicted molar refractivity (Wildman–Crippen MR) is 160 cm³/mol. The van der Waals surface area contributed by atoms with Crippen LogP contribution in [0.25, 0.3) is 0 Å². The summed E-state index contributed by atoms with van der Waals surface area (Å²) >= 11 is -1.46. The van der Waals surface area contributed by atoms with E-state index in [1.165, 1.54) is 7.11 Å². The van der Waals surface area contributed by atoms with Gasteiger partial charge in [-0.15, -0.1) is 4.72 Å². The zero-order chi connectivity index (χ0) is 29.0. The van der Waals surface area contributed by atoms with Crippen molar-refractivity contribution in [2.75, 3.05) is 7.11 Å². The number of carbonyl (C=O) groups is 1. The van der Waals surface area contributed by atoms with Crippen LogP contribution in [0.3, 0.4) is 0 Å². The minimum absolute atomic E-state index is 0.0910. The Balaban J connectivity index is 3.85. The summed E-state index contributed by atoms with van der Waals surface area (Å²) in [6.07, 6.45) is 0.00353. The molecule has 0 aromatic heterocycles. The number of ether oxygens (including phenoxy) is 1. The molecule has 1 rings (SSSR count). The zero-order valence-electron chi connectivity index (χ0n) is 25.3. The number of rotatable bonds is 11. The van der Waals surface area contributed by atoms with Crippen molar-refractivity contribution in [2.24, 2.45) is 0 Å². The lowest BCUT2D eigenvalue weighted by Gasteiger charge is -2.44. The molecule has 0 saturated heterocycles. The lowest BCUT2D eigenvalue weighted by molar-refractivity contribution is -0.141. The van der Waals surface area contributed by atoms with Crippen LogP contribution in [0.2, 0.25) is 18.1 Å². The lowest BCUT2D eigenvalue weighted by atomic mass is 9.97. The first-order valence-electron chi connectivity index (χ1n) is 13.0. The summed E-state index contributed by atoms with van der Waals surface area (Å²) in [4.78, 5) is 12.3. The molecule has 0 saturated carbocycles. The van der Waals surface area contributed by atoms with Gasteiger partial charge in [0.2, 0.25) is 0 Å². The molecular weight excluding hydrogens is 523 g/mol. The molecule has 3 unspecified atom stereocenters. The first-order chi connectivity index (χ1) is 16.6. The minimum Gasteiger partial charge on any atom is -0.598 e. The van der Waals surface area contributed by atoms with Gasteiger partial charge in [0.25, 0.3) is 0 Å². The Morgan fingerprint density at radius 3 is 2.11 bits per heavy atom. The van der Waals surface area contributed by atoms with Crippen LogP contribution in [0.1, 0.15) is 91.5 Å². The van der Waals surface area contributed by atoms with Gasteiger partial charge >= 0.3 is 5.97 Å². The SMILES string of the molecule is COC(=O)CC[C@H](O[Si](C)(C)C(C)(C)C)C(N[S+]([O-])C(C)(C)C)C(c1cccc(C)c1)[S@@](=O)C(C)(C)C. The molecule has 0 bridgehead atoms. The third kappa shape index (κ3) is 10.1. The molecule has 37 heavy (non-hydrogen) atoms. The quantitative estimate of drug-likeness (QED) is 0.189. The van der Waals surface area contributed by atoms with Gasteiger partial charge in [0.1, 0.15) is 4.75 Å². The highest BCUT2D eigenvalue weighted by Crippen LogP contribution is 2.41. The van der Waals surface area contributed by atoms with Gasteiger partial charge in [0.05, 0.1) is 24.5 Å². The monoisotopic (exact) mass is 573 g/mol. The maximum absolute atomic E-state index is 14.2. The fourth-order valence-electron chi connectivity index (χ4n) is 3.55. The average molecular weight is 574 g/mol.